The standard InChI is InChI=1S/C14H24F3NO/c1-10(11-6-8-19-9-7-11)18-13-5-3-2-4-12(13)14(15,16)17/h10-13,18H,2-9H2,1H3. The first-order valence-electron chi connectivity index (χ1n) is 7.39. The van der Waals surface area contributed by atoms with E-state index < -0.39 is 18.1 Å². The first-order chi connectivity index (χ1) is 8.98. The molecule has 0 bridgehead atoms. The van der Waals surface area contributed by atoms with E-state index in [0.29, 0.717) is 18.8 Å². The second kappa shape index (κ2) is 6.44. The maximum Gasteiger partial charge on any atom is 0.393 e. The molecule has 0 radical (unpaired) electrons. The van der Waals surface area contributed by atoms with Crippen LogP contribution in [-0.2, 0) is 4.74 Å². The normalized spacial score (nSPS) is 32.2. The van der Waals surface area contributed by atoms with Crippen LogP contribution in [0.15, 0.2) is 0 Å². The predicted molar refractivity (Wildman–Crippen MR) is 67.9 cm³/mol. The Morgan fingerprint density at radius 1 is 1.05 bits per heavy atom. The van der Waals surface area contributed by atoms with Crippen molar-refractivity contribution in [3.8, 4) is 0 Å². The molecule has 1 aliphatic heterocycles. The highest BCUT2D eigenvalue weighted by molar-refractivity contribution is 4.88. The molecule has 0 amide bonds. The van der Waals surface area contributed by atoms with Crippen LogP contribution in [0.1, 0.15) is 45.4 Å². The Morgan fingerprint density at radius 3 is 2.32 bits per heavy atom. The summed E-state index contributed by atoms with van der Waals surface area (Å²) in [4.78, 5) is 0. The third kappa shape index (κ3) is 4.09. The molecule has 2 nitrogen and oxygen atoms in total. The van der Waals surface area contributed by atoms with E-state index in [1.54, 1.807) is 0 Å². The predicted octanol–water partition coefficient (Wildman–Crippen LogP) is 3.51. The maximum atomic E-state index is 13.0. The summed E-state index contributed by atoms with van der Waals surface area (Å²) in [5.74, 6) is -0.715. The monoisotopic (exact) mass is 279 g/mol. The van der Waals surface area contributed by atoms with Gasteiger partial charge in [0.2, 0.25) is 0 Å². The first-order valence-corrected chi connectivity index (χ1v) is 7.39. The Labute approximate surface area is 113 Å². The first kappa shape index (κ1) is 15.1. The molecule has 1 saturated heterocycles. The van der Waals surface area contributed by atoms with E-state index >= 15 is 0 Å². The number of nitrogens with one attached hydrogen (secondary N) is 1. The SMILES string of the molecule is CC(NC1CCCCC1C(F)(F)F)C1CCOCC1. The number of alkyl halides is 3. The molecule has 1 aliphatic carbocycles. The van der Waals surface area contributed by atoms with Crippen molar-refractivity contribution in [2.24, 2.45) is 11.8 Å². The fourth-order valence-corrected chi connectivity index (χ4v) is 3.41. The molecule has 0 aromatic heterocycles. The smallest absolute Gasteiger partial charge is 0.381 e. The second-order valence-electron chi connectivity index (χ2n) is 5.94. The van der Waals surface area contributed by atoms with Crippen LogP contribution in [0, 0.1) is 11.8 Å². The van der Waals surface area contributed by atoms with Gasteiger partial charge in [-0.1, -0.05) is 12.8 Å². The van der Waals surface area contributed by atoms with E-state index in [-0.39, 0.29) is 12.5 Å². The average Bonchev–Trinajstić information content (AvgIpc) is 2.39. The molecule has 2 rings (SSSR count). The highest BCUT2D eigenvalue weighted by Crippen LogP contribution is 2.38. The molecule has 2 aliphatic rings. The summed E-state index contributed by atoms with van der Waals surface area (Å²) in [7, 11) is 0. The van der Waals surface area contributed by atoms with Gasteiger partial charge >= 0.3 is 6.18 Å². The Hall–Kier alpha value is -0.290. The van der Waals surface area contributed by atoms with E-state index in [1.165, 1.54) is 0 Å². The van der Waals surface area contributed by atoms with Crippen molar-refractivity contribution in [2.75, 3.05) is 13.2 Å². The molecule has 3 unspecified atom stereocenters. The van der Waals surface area contributed by atoms with E-state index in [9.17, 15) is 13.2 Å². The highest BCUT2D eigenvalue weighted by atomic mass is 19.4. The summed E-state index contributed by atoms with van der Waals surface area (Å²) in [5, 5.41) is 3.27. The fraction of sp³-hybridized carbons (Fsp3) is 1.00. The van der Waals surface area contributed by atoms with Crippen molar-refractivity contribution in [1.82, 2.24) is 5.32 Å². The summed E-state index contributed by atoms with van der Waals surface area (Å²) < 4.78 is 44.4. The van der Waals surface area contributed by atoms with E-state index in [1.807, 2.05) is 6.92 Å². The lowest BCUT2D eigenvalue weighted by Crippen LogP contribution is -2.50. The summed E-state index contributed by atoms with van der Waals surface area (Å²) in [6.07, 6.45) is 0.390. The average molecular weight is 279 g/mol. The zero-order chi connectivity index (χ0) is 13.9. The van der Waals surface area contributed by atoms with Crippen LogP contribution >= 0.6 is 0 Å². The third-order valence-electron chi connectivity index (χ3n) is 4.64. The van der Waals surface area contributed by atoms with Gasteiger partial charge in [-0.3, -0.25) is 0 Å². The molecule has 1 heterocycles. The number of ether oxygens (including phenoxy) is 1. The summed E-state index contributed by atoms with van der Waals surface area (Å²) in [5.41, 5.74) is 0. The van der Waals surface area contributed by atoms with Gasteiger partial charge in [-0.05, 0) is 38.5 Å². The third-order valence-corrected chi connectivity index (χ3v) is 4.64. The van der Waals surface area contributed by atoms with Crippen molar-refractivity contribution in [1.29, 1.82) is 0 Å². The Balaban J connectivity index is 1.91. The summed E-state index contributed by atoms with van der Waals surface area (Å²) >= 11 is 0. The molecular formula is C14H24F3NO. The second-order valence-corrected chi connectivity index (χ2v) is 5.94. The Morgan fingerprint density at radius 2 is 1.68 bits per heavy atom. The van der Waals surface area contributed by atoms with Crippen LogP contribution in [-0.4, -0.2) is 31.5 Å². The van der Waals surface area contributed by atoms with Gasteiger partial charge in [0.1, 0.15) is 0 Å². The van der Waals surface area contributed by atoms with Crippen LogP contribution in [0.25, 0.3) is 0 Å². The maximum absolute atomic E-state index is 13.0. The van der Waals surface area contributed by atoms with Crippen LogP contribution in [0.4, 0.5) is 13.2 Å². The molecule has 112 valence electrons. The molecule has 3 atom stereocenters. The molecule has 1 N–H and O–H groups in total. The van der Waals surface area contributed by atoms with Gasteiger partial charge in [-0.15, -0.1) is 0 Å². The molecule has 0 spiro atoms. The van der Waals surface area contributed by atoms with Gasteiger partial charge in [-0.25, -0.2) is 0 Å². The van der Waals surface area contributed by atoms with Crippen LogP contribution < -0.4 is 5.32 Å². The van der Waals surface area contributed by atoms with Gasteiger partial charge in [-0.2, -0.15) is 13.2 Å². The van der Waals surface area contributed by atoms with Gasteiger partial charge in [0, 0.05) is 25.3 Å². The molecule has 0 aromatic rings. The van der Waals surface area contributed by atoms with E-state index in [4.69, 9.17) is 4.74 Å². The van der Waals surface area contributed by atoms with Gasteiger partial charge in [0.05, 0.1) is 5.92 Å². The zero-order valence-electron chi connectivity index (χ0n) is 11.5. The van der Waals surface area contributed by atoms with Gasteiger partial charge in [0.25, 0.3) is 0 Å². The topological polar surface area (TPSA) is 21.3 Å². The minimum atomic E-state index is -4.06. The number of hydrogen-bond acceptors (Lipinski definition) is 2. The highest BCUT2D eigenvalue weighted by Gasteiger charge is 2.45. The lowest BCUT2D eigenvalue weighted by atomic mass is 9.82. The molecule has 1 saturated carbocycles. The van der Waals surface area contributed by atoms with E-state index in [0.717, 1.165) is 32.5 Å². The lowest BCUT2D eigenvalue weighted by molar-refractivity contribution is -0.189. The van der Waals surface area contributed by atoms with Crippen molar-refractivity contribution < 1.29 is 17.9 Å². The van der Waals surface area contributed by atoms with E-state index in [2.05, 4.69) is 5.32 Å². The summed E-state index contributed by atoms with van der Waals surface area (Å²) in [6, 6.07) is -0.247. The fourth-order valence-electron chi connectivity index (χ4n) is 3.41. The Kier molecular flexibility index (Phi) is 5.12. The molecular weight excluding hydrogens is 255 g/mol. The minimum absolute atomic E-state index is 0.150. The quantitative estimate of drug-likeness (QED) is 0.853. The molecule has 19 heavy (non-hydrogen) atoms. The molecule has 5 heteroatoms. The number of hydrogen-bond donors (Lipinski definition) is 1. The van der Waals surface area contributed by atoms with Crippen molar-refractivity contribution in [3.63, 3.8) is 0 Å². The van der Waals surface area contributed by atoms with Crippen LogP contribution in [0.5, 0.6) is 0 Å². The molecule has 2 fully saturated rings. The van der Waals surface area contributed by atoms with Gasteiger partial charge in [0.15, 0.2) is 0 Å². The van der Waals surface area contributed by atoms with Crippen molar-refractivity contribution in [3.05, 3.63) is 0 Å². The van der Waals surface area contributed by atoms with Crippen molar-refractivity contribution >= 4 is 0 Å². The van der Waals surface area contributed by atoms with Crippen LogP contribution in [0.2, 0.25) is 0 Å². The zero-order valence-corrected chi connectivity index (χ0v) is 11.5. The number of rotatable bonds is 3. The largest absolute Gasteiger partial charge is 0.393 e. The Bertz CT molecular complexity index is 276. The number of halogens is 3. The van der Waals surface area contributed by atoms with Crippen LogP contribution in [0.3, 0.4) is 0 Å². The minimum Gasteiger partial charge on any atom is -0.381 e. The van der Waals surface area contributed by atoms with Crippen molar-refractivity contribution in [2.45, 2.75) is 63.7 Å². The molecule has 0 aromatic carbocycles. The van der Waals surface area contributed by atoms with Gasteiger partial charge < -0.3 is 10.1 Å². The summed E-state index contributed by atoms with van der Waals surface area (Å²) in [6.45, 7) is 3.51. The lowest BCUT2D eigenvalue weighted by Gasteiger charge is -2.38.